The molecule has 1 aliphatic rings. The van der Waals surface area contributed by atoms with Crippen LogP contribution in [-0.2, 0) is 17.6 Å². The number of hydrogen-bond acceptors (Lipinski definition) is 2. The van der Waals surface area contributed by atoms with Crippen LogP contribution in [0.25, 0.3) is 0 Å². The Morgan fingerprint density at radius 2 is 2.24 bits per heavy atom. The Morgan fingerprint density at radius 1 is 1.41 bits per heavy atom. The third-order valence-corrected chi connectivity index (χ3v) is 3.23. The Hall–Kier alpha value is -1.82. The van der Waals surface area contributed by atoms with Gasteiger partial charge in [0.15, 0.2) is 0 Å². The van der Waals surface area contributed by atoms with Gasteiger partial charge in [0.1, 0.15) is 0 Å². The quantitative estimate of drug-likeness (QED) is 0.743. The fourth-order valence-corrected chi connectivity index (χ4v) is 2.21. The van der Waals surface area contributed by atoms with Gasteiger partial charge in [0.05, 0.1) is 12.5 Å². The van der Waals surface area contributed by atoms with Crippen molar-refractivity contribution in [3.63, 3.8) is 0 Å². The Kier molecular flexibility index (Phi) is 3.43. The first-order valence-corrected chi connectivity index (χ1v) is 5.97. The maximum Gasteiger partial charge on any atom is 0.231 e. The molecule has 3 heteroatoms. The zero-order valence-corrected chi connectivity index (χ0v) is 10.1. The van der Waals surface area contributed by atoms with Gasteiger partial charge in [-0.25, -0.2) is 0 Å². The van der Waals surface area contributed by atoms with Gasteiger partial charge in [0.25, 0.3) is 0 Å². The normalized spacial score (nSPS) is 13.6. The second-order valence-electron chi connectivity index (χ2n) is 4.46. The molecule has 0 atom stereocenters. The van der Waals surface area contributed by atoms with E-state index in [1.807, 2.05) is 13.1 Å². The second-order valence-corrected chi connectivity index (χ2v) is 4.46. The first-order valence-electron chi connectivity index (χ1n) is 5.97. The molecule has 0 bridgehead atoms. The van der Waals surface area contributed by atoms with Crippen LogP contribution in [0.1, 0.15) is 30.4 Å². The lowest BCUT2D eigenvalue weighted by Crippen LogP contribution is -2.20. The number of aryl methyl sites for hydroxylation is 1. The van der Waals surface area contributed by atoms with Gasteiger partial charge < -0.3 is 4.90 Å². The van der Waals surface area contributed by atoms with E-state index in [4.69, 9.17) is 5.26 Å². The van der Waals surface area contributed by atoms with Gasteiger partial charge in [-0.1, -0.05) is 12.1 Å². The minimum absolute atomic E-state index is 0.168. The highest BCUT2D eigenvalue weighted by Crippen LogP contribution is 2.28. The highest BCUT2D eigenvalue weighted by molar-refractivity contribution is 6.00. The summed E-state index contributed by atoms with van der Waals surface area (Å²) >= 11 is 0. The topological polar surface area (TPSA) is 44.1 Å². The third kappa shape index (κ3) is 2.47. The van der Waals surface area contributed by atoms with Gasteiger partial charge in [0, 0.05) is 19.2 Å². The van der Waals surface area contributed by atoms with E-state index in [2.05, 4.69) is 18.2 Å². The number of carbonyl (C=O) groups excluding carboxylic acids is 1. The number of benzene rings is 1. The van der Waals surface area contributed by atoms with Gasteiger partial charge in [-0.2, -0.15) is 5.26 Å². The first kappa shape index (κ1) is 11.7. The monoisotopic (exact) mass is 228 g/mol. The molecule has 0 aliphatic carbocycles. The molecule has 0 saturated carbocycles. The first-order chi connectivity index (χ1) is 8.22. The fraction of sp³-hybridized carbons (Fsp3) is 0.429. The lowest BCUT2D eigenvalue weighted by Gasteiger charge is -2.10. The number of carbonyl (C=O) groups is 1. The van der Waals surface area contributed by atoms with Crippen molar-refractivity contribution in [3.8, 4) is 6.07 Å². The smallest absolute Gasteiger partial charge is 0.231 e. The van der Waals surface area contributed by atoms with Gasteiger partial charge >= 0.3 is 0 Å². The van der Waals surface area contributed by atoms with E-state index in [0.717, 1.165) is 30.5 Å². The molecule has 88 valence electrons. The molecule has 0 N–H and O–H groups in total. The van der Waals surface area contributed by atoms with Crippen molar-refractivity contribution in [2.45, 2.75) is 32.1 Å². The lowest BCUT2D eigenvalue weighted by atomic mass is 10.0. The molecule has 0 aromatic heterocycles. The minimum atomic E-state index is 0.168. The molecule has 2 rings (SSSR count). The van der Waals surface area contributed by atoms with Crippen LogP contribution in [0, 0.1) is 11.3 Å². The van der Waals surface area contributed by atoms with Crippen molar-refractivity contribution in [1.29, 1.82) is 5.26 Å². The summed E-state index contributed by atoms with van der Waals surface area (Å²) in [5.74, 6) is 0.168. The second kappa shape index (κ2) is 5.01. The van der Waals surface area contributed by atoms with Crippen LogP contribution in [0.4, 0.5) is 5.69 Å². The molecule has 0 saturated heterocycles. The Labute approximate surface area is 102 Å². The van der Waals surface area contributed by atoms with E-state index in [1.54, 1.807) is 4.90 Å². The summed E-state index contributed by atoms with van der Waals surface area (Å²) in [6.45, 7) is 0. The Morgan fingerprint density at radius 3 is 3.00 bits per heavy atom. The Balaban J connectivity index is 2.01. The van der Waals surface area contributed by atoms with E-state index in [9.17, 15) is 4.79 Å². The standard InChI is InChI=1S/C14H16N2O/c1-16-13-7-6-11(5-3-2-4-8-15)9-12(13)10-14(16)17/h6-7,9H,2-5,10H2,1H3. The Bertz CT molecular complexity index is 474. The highest BCUT2D eigenvalue weighted by atomic mass is 16.2. The van der Waals surface area contributed by atoms with E-state index in [-0.39, 0.29) is 5.91 Å². The SMILES string of the molecule is CN1C(=O)Cc2cc(CCCCC#N)ccc21. The molecular formula is C14H16N2O. The molecule has 0 fully saturated rings. The largest absolute Gasteiger partial charge is 0.315 e. The highest BCUT2D eigenvalue weighted by Gasteiger charge is 2.23. The van der Waals surface area contributed by atoms with Crippen molar-refractivity contribution in [1.82, 2.24) is 0 Å². The van der Waals surface area contributed by atoms with Crippen LogP contribution in [-0.4, -0.2) is 13.0 Å². The average molecular weight is 228 g/mol. The number of nitrogens with zero attached hydrogens (tertiary/aromatic N) is 2. The van der Waals surface area contributed by atoms with E-state index in [0.29, 0.717) is 12.8 Å². The van der Waals surface area contributed by atoms with Crippen LogP contribution in [0.2, 0.25) is 0 Å². The molecule has 1 amide bonds. The van der Waals surface area contributed by atoms with E-state index in [1.165, 1.54) is 5.56 Å². The van der Waals surface area contributed by atoms with Crippen LogP contribution >= 0.6 is 0 Å². The predicted octanol–water partition coefficient (Wildman–Crippen LogP) is 2.44. The summed E-state index contributed by atoms with van der Waals surface area (Å²) in [5.41, 5.74) is 3.44. The number of hydrogen-bond donors (Lipinski definition) is 0. The summed E-state index contributed by atoms with van der Waals surface area (Å²) in [6, 6.07) is 8.40. The summed E-state index contributed by atoms with van der Waals surface area (Å²) in [6.07, 6.45) is 4.14. The molecule has 3 nitrogen and oxygen atoms in total. The van der Waals surface area contributed by atoms with Gasteiger partial charge in [-0.05, 0) is 36.5 Å². The molecule has 1 aromatic rings. The lowest BCUT2D eigenvalue weighted by molar-refractivity contribution is -0.117. The third-order valence-electron chi connectivity index (χ3n) is 3.23. The number of amides is 1. The zero-order valence-electron chi connectivity index (χ0n) is 10.1. The fourth-order valence-electron chi connectivity index (χ4n) is 2.21. The number of fused-ring (bicyclic) bond motifs is 1. The maximum atomic E-state index is 11.5. The number of anilines is 1. The van der Waals surface area contributed by atoms with Crippen molar-refractivity contribution in [3.05, 3.63) is 29.3 Å². The van der Waals surface area contributed by atoms with Gasteiger partial charge in [-0.3, -0.25) is 4.79 Å². The maximum absolute atomic E-state index is 11.5. The summed E-state index contributed by atoms with van der Waals surface area (Å²) < 4.78 is 0. The molecule has 0 unspecified atom stereocenters. The minimum Gasteiger partial charge on any atom is -0.315 e. The van der Waals surface area contributed by atoms with Crippen LogP contribution in [0.15, 0.2) is 18.2 Å². The molecule has 1 aromatic carbocycles. The zero-order chi connectivity index (χ0) is 12.3. The number of likely N-dealkylation sites (N-methyl/N-ethyl adjacent to an activating group) is 1. The van der Waals surface area contributed by atoms with E-state index >= 15 is 0 Å². The summed E-state index contributed by atoms with van der Waals surface area (Å²) in [7, 11) is 1.82. The molecule has 1 aliphatic heterocycles. The van der Waals surface area contributed by atoms with Crippen molar-refractivity contribution < 1.29 is 4.79 Å². The number of unbranched alkanes of at least 4 members (excludes halogenated alkanes) is 2. The van der Waals surface area contributed by atoms with Gasteiger partial charge in [0.2, 0.25) is 5.91 Å². The molecular weight excluding hydrogens is 212 g/mol. The van der Waals surface area contributed by atoms with Crippen molar-refractivity contribution >= 4 is 11.6 Å². The molecule has 17 heavy (non-hydrogen) atoms. The number of rotatable bonds is 4. The van der Waals surface area contributed by atoms with Crippen LogP contribution in [0.5, 0.6) is 0 Å². The van der Waals surface area contributed by atoms with E-state index < -0.39 is 0 Å². The van der Waals surface area contributed by atoms with Gasteiger partial charge in [-0.15, -0.1) is 0 Å². The molecule has 0 spiro atoms. The van der Waals surface area contributed by atoms with Crippen LogP contribution < -0.4 is 4.90 Å². The summed E-state index contributed by atoms with van der Waals surface area (Å²) in [5, 5.41) is 8.46. The van der Waals surface area contributed by atoms with Crippen molar-refractivity contribution in [2.75, 3.05) is 11.9 Å². The number of nitriles is 1. The van der Waals surface area contributed by atoms with Crippen LogP contribution in [0.3, 0.4) is 0 Å². The molecule has 0 radical (unpaired) electrons. The van der Waals surface area contributed by atoms with Crippen molar-refractivity contribution in [2.24, 2.45) is 0 Å². The average Bonchev–Trinajstić information content (AvgIpc) is 2.61. The predicted molar refractivity (Wildman–Crippen MR) is 66.7 cm³/mol. The summed E-state index contributed by atoms with van der Waals surface area (Å²) in [4.78, 5) is 13.2. The molecule has 1 heterocycles.